The van der Waals surface area contributed by atoms with Crippen LogP contribution in [-0.2, 0) is 23.4 Å². The van der Waals surface area contributed by atoms with Crippen LogP contribution in [0, 0.1) is 0 Å². The normalized spacial score (nSPS) is 25.0. The Morgan fingerprint density at radius 1 is 1.19 bits per heavy atom. The zero-order valence-electron chi connectivity index (χ0n) is 23.8. The third-order valence-electron chi connectivity index (χ3n) is 6.98. The van der Waals surface area contributed by atoms with Crippen LogP contribution in [0.1, 0.15) is 46.8 Å². The fourth-order valence-electron chi connectivity index (χ4n) is 4.66. The standard InChI is InChI=1S/C28H36N3O10P/c1-5-6-16-38-25(34)17(2)30-42(37,41-21-13-9-11-19-10-7-8-12-20(19)21)40-18(3)23-24(33)28(4,36)26(39-23)31-15-14-22(32)29-27(31)35/h7-15,17-18,23-24,26,33,36H,5-6,16H2,1-4H3,(H,30,37)(H,29,32,35)/t17-,18?,23+,24+,26+,28+,42?/m0/s1. The Bertz CT molecular complexity index is 1570. The maximum Gasteiger partial charge on any atom is 0.459 e. The van der Waals surface area contributed by atoms with E-state index in [1.54, 1.807) is 24.3 Å². The maximum atomic E-state index is 14.3. The minimum atomic E-state index is -4.42. The number of hydrogen-bond donors (Lipinski definition) is 4. The molecule has 0 bridgehead atoms. The average Bonchev–Trinajstić information content (AvgIpc) is 3.17. The van der Waals surface area contributed by atoms with E-state index in [9.17, 15) is 29.2 Å². The van der Waals surface area contributed by atoms with Crippen LogP contribution in [0.3, 0.4) is 0 Å². The number of nitrogens with one attached hydrogen (secondary N) is 2. The first-order valence-corrected chi connectivity index (χ1v) is 15.2. The molecule has 4 N–H and O–H groups in total. The number of fused-ring (bicyclic) bond motifs is 1. The van der Waals surface area contributed by atoms with Crippen LogP contribution >= 0.6 is 7.75 Å². The van der Waals surface area contributed by atoms with E-state index in [0.29, 0.717) is 11.8 Å². The molecule has 1 saturated heterocycles. The summed E-state index contributed by atoms with van der Waals surface area (Å²) in [5, 5.41) is 26.2. The maximum absolute atomic E-state index is 14.3. The quantitative estimate of drug-likeness (QED) is 0.135. The molecule has 2 heterocycles. The molecule has 2 aromatic carbocycles. The summed E-state index contributed by atoms with van der Waals surface area (Å²) in [6.45, 7) is 6.28. The summed E-state index contributed by atoms with van der Waals surface area (Å²) in [7, 11) is -4.42. The number of carbonyl (C=O) groups is 1. The van der Waals surface area contributed by atoms with Gasteiger partial charge in [0.1, 0.15) is 29.6 Å². The van der Waals surface area contributed by atoms with Crippen molar-refractivity contribution in [3.63, 3.8) is 0 Å². The van der Waals surface area contributed by atoms with Gasteiger partial charge in [-0.15, -0.1) is 0 Å². The lowest BCUT2D eigenvalue weighted by atomic mass is 9.94. The Kier molecular flexibility index (Phi) is 9.71. The van der Waals surface area contributed by atoms with Crippen molar-refractivity contribution in [1.82, 2.24) is 14.6 Å². The second-order valence-corrected chi connectivity index (χ2v) is 12.0. The fourth-order valence-corrected chi connectivity index (χ4v) is 6.37. The van der Waals surface area contributed by atoms with Gasteiger partial charge in [-0.1, -0.05) is 49.7 Å². The van der Waals surface area contributed by atoms with Gasteiger partial charge in [-0.3, -0.25) is 23.7 Å². The molecule has 1 aliphatic heterocycles. The van der Waals surface area contributed by atoms with E-state index in [2.05, 4.69) is 10.1 Å². The Hall–Kier alpha value is -3.32. The van der Waals surface area contributed by atoms with Crippen LogP contribution in [0.5, 0.6) is 5.75 Å². The number of ether oxygens (including phenoxy) is 2. The van der Waals surface area contributed by atoms with Crippen molar-refractivity contribution < 1.29 is 38.1 Å². The predicted molar refractivity (Wildman–Crippen MR) is 153 cm³/mol. The zero-order valence-corrected chi connectivity index (χ0v) is 24.7. The van der Waals surface area contributed by atoms with E-state index in [4.69, 9.17) is 18.5 Å². The molecule has 0 amide bonds. The SMILES string of the molecule is CCCCOC(=O)[C@H](C)NP(=O)(Oc1cccc2ccccc12)OC(C)[C@H]1O[C@@H](n2ccc(=O)[nH]c2=O)[C@](C)(O)[C@@H]1O. The molecule has 13 nitrogen and oxygen atoms in total. The van der Waals surface area contributed by atoms with E-state index >= 15 is 0 Å². The van der Waals surface area contributed by atoms with E-state index in [1.165, 1.54) is 20.8 Å². The second-order valence-electron chi connectivity index (χ2n) is 10.4. The van der Waals surface area contributed by atoms with Crippen molar-refractivity contribution in [3.8, 4) is 5.75 Å². The number of aromatic amines is 1. The number of aliphatic hydroxyl groups excluding tert-OH is 1. The number of unbranched alkanes of at least 4 members (excludes halogenated alkanes) is 1. The Morgan fingerprint density at radius 2 is 1.90 bits per heavy atom. The molecule has 0 spiro atoms. The first-order valence-electron chi connectivity index (χ1n) is 13.6. The molecule has 228 valence electrons. The minimum Gasteiger partial charge on any atom is -0.465 e. The van der Waals surface area contributed by atoms with Gasteiger partial charge in [0.05, 0.1) is 12.7 Å². The van der Waals surface area contributed by atoms with Gasteiger partial charge in [-0.2, -0.15) is 5.09 Å². The van der Waals surface area contributed by atoms with Crippen LogP contribution in [0.25, 0.3) is 10.8 Å². The number of benzene rings is 2. The number of nitrogens with zero attached hydrogens (tertiary/aromatic N) is 1. The molecule has 3 aromatic rings. The zero-order chi connectivity index (χ0) is 30.7. The summed E-state index contributed by atoms with van der Waals surface area (Å²) in [5.41, 5.74) is -3.53. The number of H-pyrrole nitrogens is 1. The predicted octanol–water partition coefficient (Wildman–Crippen LogP) is 2.61. The lowest BCUT2D eigenvalue weighted by Gasteiger charge is -2.30. The van der Waals surface area contributed by atoms with Crippen molar-refractivity contribution in [2.24, 2.45) is 0 Å². The average molecular weight is 606 g/mol. The highest BCUT2D eigenvalue weighted by atomic mass is 31.2. The van der Waals surface area contributed by atoms with Gasteiger partial charge in [-0.05, 0) is 38.6 Å². The smallest absolute Gasteiger partial charge is 0.459 e. The highest BCUT2D eigenvalue weighted by Crippen LogP contribution is 2.50. The van der Waals surface area contributed by atoms with Crippen molar-refractivity contribution in [3.05, 3.63) is 75.6 Å². The number of esters is 1. The van der Waals surface area contributed by atoms with Crippen molar-refractivity contribution >= 4 is 24.5 Å². The summed E-state index contributed by atoms with van der Waals surface area (Å²) >= 11 is 0. The summed E-state index contributed by atoms with van der Waals surface area (Å²) in [5.74, 6) is -0.459. The highest BCUT2D eigenvalue weighted by molar-refractivity contribution is 7.52. The largest absolute Gasteiger partial charge is 0.465 e. The third-order valence-corrected chi connectivity index (χ3v) is 8.73. The van der Waals surface area contributed by atoms with E-state index < -0.39 is 61.1 Å². The van der Waals surface area contributed by atoms with Crippen LogP contribution in [-0.4, -0.2) is 62.3 Å². The molecule has 1 fully saturated rings. The van der Waals surface area contributed by atoms with Gasteiger partial charge >= 0.3 is 19.4 Å². The van der Waals surface area contributed by atoms with Crippen molar-refractivity contribution in [1.29, 1.82) is 0 Å². The second kappa shape index (κ2) is 12.9. The van der Waals surface area contributed by atoms with Gasteiger partial charge in [-0.25, -0.2) is 9.36 Å². The van der Waals surface area contributed by atoms with Crippen molar-refractivity contribution in [2.75, 3.05) is 6.61 Å². The lowest BCUT2D eigenvalue weighted by molar-refractivity contribution is -0.145. The summed E-state index contributed by atoms with van der Waals surface area (Å²) < 4.78 is 38.2. The molecule has 7 atom stereocenters. The molecular weight excluding hydrogens is 569 g/mol. The summed E-state index contributed by atoms with van der Waals surface area (Å²) in [6, 6.07) is 12.4. The molecule has 42 heavy (non-hydrogen) atoms. The number of aliphatic hydroxyl groups is 2. The highest BCUT2D eigenvalue weighted by Gasteiger charge is 2.56. The first kappa shape index (κ1) is 31.6. The molecular formula is C28H36N3O10P. The number of hydrogen-bond acceptors (Lipinski definition) is 10. The molecule has 14 heteroatoms. The fraction of sp³-hybridized carbons (Fsp3) is 0.464. The Labute approximate surface area is 242 Å². The number of rotatable bonds is 12. The Morgan fingerprint density at radius 3 is 2.62 bits per heavy atom. The number of aromatic nitrogens is 2. The summed E-state index contributed by atoms with van der Waals surface area (Å²) in [4.78, 5) is 38.6. The van der Waals surface area contributed by atoms with Crippen molar-refractivity contribution in [2.45, 2.75) is 76.7 Å². The van der Waals surface area contributed by atoms with Gasteiger partial charge in [0, 0.05) is 17.6 Å². The number of carbonyl (C=O) groups excluding carboxylic acids is 1. The van der Waals surface area contributed by atoms with Gasteiger partial charge in [0.25, 0.3) is 5.56 Å². The molecule has 1 aromatic heterocycles. The monoisotopic (exact) mass is 605 g/mol. The molecule has 2 unspecified atom stereocenters. The van der Waals surface area contributed by atoms with E-state index in [0.717, 1.165) is 28.6 Å². The van der Waals surface area contributed by atoms with Gasteiger partial charge in [0.15, 0.2) is 6.23 Å². The third kappa shape index (κ3) is 6.83. The Balaban J connectivity index is 1.62. The van der Waals surface area contributed by atoms with Crippen LogP contribution in [0.4, 0.5) is 0 Å². The first-order chi connectivity index (χ1) is 19.9. The van der Waals surface area contributed by atoms with Crippen LogP contribution in [0.15, 0.2) is 64.3 Å². The molecule has 0 radical (unpaired) electrons. The van der Waals surface area contributed by atoms with Crippen LogP contribution < -0.4 is 20.9 Å². The molecule has 0 saturated carbocycles. The van der Waals surface area contributed by atoms with Crippen LogP contribution in [0.2, 0.25) is 0 Å². The molecule has 4 rings (SSSR count). The molecule has 0 aliphatic carbocycles. The van der Waals surface area contributed by atoms with E-state index in [-0.39, 0.29) is 12.4 Å². The van der Waals surface area contributed by atoms with E-state index in [1.807, 2.05) is 25.1 Å². The minimum absolute atomic E-state index is 0.190. The van der Waals surface area contributed by atoms with Gasteiger partial charge < -0.3 is 24.2 Å². The molecule has 1 aliphatic rings. The van der Waals surface area contributed by atoms with Gasteiger partial charge in [0.2, 0.25) is 0 Å². The topological polar surface area (TPSA) is 178 Å². The summed E-state index contributed by atoms with van der Waals surface area (Å²) in [6.07, 6.45) is -2.98. The lowest BCUT2D eigenvalue weighted by Crippen LogP contribution is -2.48.